The summed E-state index contributed by atoms with van der Waals surface area (Å²) in [4.78, 5) is 28.8. The van der Waals surface area contributed by atoms with Crippen molar-refractivity contribution in [2.45, 2.75) is 19.3 Å². The molecule has 1 aromatic heterocycles. The highest BCUT2D eigenvalue weighted by molar-refractivity contribution is 7.13. The molecule has 3 aromatic rings. The highest BCUT2D eigenvalue weighted by atomic mass is 32.1. The summed E-state index contributed by atoms with van der Waals surface area (Å²) in [5.41, 5.74) is 2.64. The first-order valence-electron chi connectivity index (χ1n) is 9.09. The van der Waals surface area contributed by atoms with E-state index in [1.54, 1.807) is 42.7 Å². The molecule has 0 aliphatic carbocycles. The van der Waals surface area contributed by atoms with E-state index in [1.165, 1.54) is 0 Å². The zero-order valence-electron chi connectivity index (χ0n) is 15.7. The molecule has 0 saturated carbocycles. The minimum Gasteiger partial charge on any atom is -0.497 e. The Labute approximate surface area is 168 Å². The van der Waals surface area contributed by atoms with E-state index in [-0.39, 0.29) is 24.5 Å². The number of ketones is 1. The van der Waals surface area contributed by atoms with Crippen LogP contribution in [0.2, 0.25) is 0 Å². The first kappa shape index (κ1) is 19.8. The number of hydrogen-bond donors (Lipinski definition) is 1. The fourth-order valence-electron chi connectivity index (χ4n) is 2.70. The molecule has 5 nitrogen and oxygen atoms in total. The predicted molar refractivity (Wildman–Crippen MR) is 111 cm³/mol. The molecular weight excluding hydrogens is 372 g/mol. The van der Waals surface area contributed by atoms with Crippen LogP contribution in [-0.2, 0) is 11.2 Å². The second-order valence-electron chi connectivity index (χ2n) is 6.26. The van der Waals surface area contributed by atoms with E-state index in [9.17, 15) is 9.59 Å². The van der Waals surface area contributed by atoms with Crippen LogP contribution in [-0.4, -0.2) is 30.3 Å². The molecule has 0 spiro atoms. The quantitative estimate of drug-likeness (QED) is 0.554. The lowest BCUT2D eigenvalue weighted by molar-refractivity contribution is -0.121. The summed E-state index contributed by atoms with van der Waals surface area (Å²) in [6, 6.07) is 16.9. The Morgan fingerprint density at radius 2 is 1.79 bits per heavy atom. The van der Waals surface area contributed by atoms with Gasteiger partial charge in [0.15, 0.2) is 5.78 Å². The number of carbonyl (C=O) groups excluding carboxylic acids is 2. The van der Waals surface area contributed by atoms with Crippen LogP contribution in [0, 0.1) is 0 Å². The molecule has 0 unspecified atom stereocenters. The van der Waals surface area contributed by atoms with Gasteiger partial charge in [-0.05, 0) is 24.3 Å². The van der Waals surface area contributed by atoms with Gasteiger partial charge in [-0.1, -0.05) is 30.3 Å². The minimum absolute atomic E-state index is 0.0511. The SMILES string of the molecule is COc1ccc(C(=O)CCC(=O)NCCc2csc(-c3ccccc3)n2)cc1. The second-order valence-corrected chi connectivity index (χ2v) is 7.12. The van der Waals surface area contributed by atoms with Gasteiger partial charge in [0, 0.05) is 42.3 Å². The molecule has 0 aliphatic heterocycles. The Kier molecular flexibility index (Phi) is 6.92. The smallest absolute Gasteiger partial charge is 0.220 e. The zero-order chi connectivity index (χ0) is 19.8. The molecule has 144 valence electrons. The Balaban J connectivity index is 1.40. The number of benzene rings is 2. The molecule has 28 heavy (non-hydrogen) atoms. The predicted octanol–water partition coefficient (Wildman–Crippen LogP) is 4.14. The third kappa shape index (κ3) is 5.50. The number of rotatable bonds is 9. The van der Waals surface area contributed by atoms with Gasteiger partial charge < -0.3 is 10.1 Å². The van der Waals surface area contributed by atoms with Gasteiger partial charge in [-0.25, -0.2) is 4.98 Å². The number of ether oxygens (including phenoxy) is 1. The Hall–Kier alpha value is -2.99. The fourth-order valence-corrected chi connectivity index (χ4v) is 3.56. The molecular formula is C22H22N2O3S. The number of amides is 1. The van der Waals surface area contributed by atoms with Gasteiger partial charge in [0.05, 0.1) is 12.8 Å². The summed E-state index contributed by atoms with van der Waals surface area (Å²) in [6.07, 6.45) is 1.03. The minimum atomic E-state index is -0.125. The summed E-state index contributed by atoms with van der Waals surface area (Å²) in [5.74, 6) is 0.525. The van der Waals surface area contributed by atoms with E-state index < -0.39 is 0 Å². The Morgan fingerprint density at radius 3 is 2.50 bits per heavy atom. The average molecular weight is 394 g/mol. The van der Waals surface area contributed by atoms with Gasteiger partial charge in [0.1, 0.15) is 10.8 Å². The van der Waals surface area contributed by atoms with Crippen molar-refractivity contribution in [1.29, 1.82) is 0 Å². The summed E-state index contributed by atoms with van der Waals surface area (Å²) >= 11 is 1.60. The van der Waals surface area contributed by atoms with Gasteiger partial charge in [-0.15, -0.1) is 11.3 Å². The zero-order valence-corrected chi connectivity index (χ0v) is 16.5. The summed E-state index contributed by atoms with van der Waals surface area (Å²) in [6.45, 7) is 0.507. The van der Waals surface area contributed by atoms with Crippen molar-refractivity contribution in [1.82, 2.24) is 10.3 Å². The summed E-state index contributed by atoms with van der Waals surface area (Å²) in [5, 5.41) is 5.85. The molecule has 3 rings (SSSR count). The second kappa shape index (κ2) is 9.80. The van der Waals surface area contributed by atoms with E-state index in [0.717, 1.165) is 16.3 Å². The fraction of sp³-hybridized carbons (Fsp3) is 0.227. The number of Topliss-reactive ketones (excluding diaryl/α,β-unsaturated/α-hetero) is 1. The van der Waals surface area contributed by atoms with Crippen LogP contribution < -0.4 is 10.1 Å². The van der Waals surface area contributed by atoms with Crippen molar-refractivity contribution in [2.24, 2.45) is 0 Å². The molecule has 0 bridgehead atoms. The van der Waals surface area contributed by atoms with Crippen LogP contribution >= 0.6 is 11.3 Å². The van der Waals surface area contributed by atoms with Crippen LogP contribution in [0.4, 0.5) is 0 Å². The maximum atomic E-state index is 12.2. The van der Waals surface area contributed by atoms with Gasteiger partial charge in [0.25, 0.3) is 0 Å². The highest BCUT2D eigenvalue weighted by Crippen LogP contribution is 2.23. The lowest BCUT2D eigenvalue weighted by Gasteiger charge is -2.05. The van der Waals surface area contributed by atoms with E-state index >= 15 is 0 Å². The number of carbonyl (C=O) groups is 2. The number of nitrogens with zero attached hydrogens (tertiary/aromatic N) is 1. The van der Waals surface area contributed by atoms with Gasteiger partial charge in [-0.2, -0.15) is 0 Å². The molecule has 1 N–H and O–H groups in total. The monoisotopic (exact) mass is 394 g/mol. The van der Waals surface area contributed by atoms with Gasteiger partial charge >= 0.3 is 0 Å². The first-order valence-corrected chi connectivity index (χ1v) is 9.97. The van der Waals surface area contributed by atoms with Crippen LogP contribution in [0.1, 0.15) is 28.9 Å². The first-order chi connectivity index (χ1) is 13.7. The standard InChI is InChI=1S/C22H22N2O3S/c1-27-19-9-7-16(8-10-19)20(25)11-12-21(26)23-14-13-18-15-28-22(24-18)17-5-3-2-4-6-17/h2-10,15H,11-14H2,1H3,(H,23,26). The van der Waals surface area contributed by atoms with E-state index in [2.05, 4.69) is 10.3 Å². The molecule has 2 aromatic carbocycles. The molecule has 0 radical (unpaired) electrons. The third-order valence-electron chi connectivity index (χ3n) is 4.27. The highest BCUT2D eigenvalue weighted by Gasteiger charge is 2.10. The van der Waals surface area contributed by atoms with Gasteiger partial charge in [0.2, 0.25) is 5.91 Å². The molecule has 1 amide bonds. The molecule has 0 saturated heterocycles. The molecule has 0 atom stereocenters. The van der Waals surface area contributed by atoms with Crippen molar-refractivity contribution in [3.8, 4) is 16.3 Å². The van der Waals surface area contributed by atoms with Crippen molar-refractivity contribution in [3.63, 3.8) is 0 Å². The van der Waals surface area contributed by atoms with Crippen molar-refractivity contribution in [2.75, 3.05) is 13.7 Å². The molecule has 6 heteroatoms. The van der Waals surface area contributed by atoms with Gasteiger partial charge in [-0.3, -0.25) is 9.59 Å². The lowest BCUT2D eigenvalue weighted by atomic mass is 10.1. The largest absolute Gasteiger partial charge is 0.497 e. The van der Waals surface area contributed by atoms with Crippen molar-refractivity contribution < 1.29 is 14.3 Å². The number of aromatic nitrogens is 1. The number of hydrogen-bond acceptors (Lipinski definition) is 5. The van der Waals surface area contributed by atoms with Crippen LogP contribution in [0.3, 0.4) is 0 Å². The third-order valence-corrected chi connectivity index (χ3v) is 5.21. The Morgan fingerprint density at radius 1 is 1.04 bits per heavy atom. The molecule has 0 aliphatic rings. The Bertz CT molecular complexity index is 920. The maximum absolute atomic E-state index is 12.2. The van der Waals surface area contributed by atoms with Crippen LogP contribution in [0.15, 0.2) is 60.0 Å². The summed E-state index contributed by atoms with van der Waals surface area (Å²) < 4.78 is 5.07. The number of thiazole rings is 1. The molecule has 1 heterocycles. The number of methoxy groups -OCH3 is 1. The number of nitrogens with one attached hydrogen (secondary N) is 1. The summed E-state index contributed by atoms with van der Waals surface area (Å²) in [7, 11) is 1.58. The normalized spacial score (nSPS) is 10.5. The topological polar surface area (TPSA) is 68.3 Å². The lowest BCUT2D eigenvalue weighted by Crippen LogP contribution is -2.26. The average Bonchev–Trinajstić information content (AvgIpc) is 3.21. The maximum Gasteiger partial charge on any atom is 0.220 e. The van der Waals surface area contributed by atoms with E-state index in [4.69, 9.17) is 4.74 Å². The van der Waals surface area contributed by atoms with Crippen LogP contribution in [0.5, 0.6) is 5.75 Å². The van der Waals surface area contributed by atoms with E-state index in [1.807, 2.05) is 35.7 Å². The van der Waals surface area contributed by atoms with Crippen molar-refractivity contribution >= 4 is 23.0 Å². The van der Waals surface area contributed by atoms with Crippen LogP contribution in [0.25, 0.3) is 10.6 Å². The molecule has 0 fully saturated rings. The van der Waals surface area contributed by atoms with Crippen molar-refractivity contribution in [3.05, 3.63) is 71.2 Å². The van der Waals surface area contributed by atoms with E-state index in [0.29, 0.717) is 24.3 Å².